The van der Waals surface area contributed by atoms with Gasteiger partial charge in [-0.15, -0.1) is 0 Å². The topological polar surface area (TPSA) is 73.2 Å². The van der Waals surface area contributed by atoms with E-state index < -0.39 is 17.1 Å². The van der Waals surface area contributed by atoms with Crippen molar-refractivity contribution >= 4 is 17.1 Å². The summed E-state index contributed by atoms with van der Waals surface area (Å²) in [5.41, 5.74) is 0. The molecule has 1 N–H and O–H groups in total. The maximum atomic E-state index is 12.1. The molecule has 4 nitrogen and oxygen atoms in total. The van der Waals surface area contributed by atoms with Crippen LogP contribution in [0.2, 0.25) is 0 Å². The summed E-state index contributed by atoms with van der Waals surface area (Å²) in [4.78, 5) is 15.0. The highest BCUT2D eigenvalue weighted by molar-refractivity contribution is 7.91. The van der Waals surface area contributed by atoms with Gasteiger partial charge in [-0.05, 0) is 25.3 Å². The molecule has 0 saturated heterocycles. The van der Waals surface area contributed by atoms with Crippen molar-refractivity contribution in [2.45, 2.75) is 30.7 Å². The standard InChI is InChI=1S/C13H17NO3S/c15-13(16)11-5-3-4-10(8-11)9-18(17)12-6-1-2-7-14-12/h1-2,6-7,10-11H,3-5,8-9H2,(H,15,16)/t10-,11-,18?/m0/s1. The molecule has 0 aromatic carbocycles. The first-order valence-electron chi connectivity index (χ1n) is 6.19. The molecule has 1 aliphatic rings. The molecule has 1 saturated carbocycles. The highest BCUT2D eigenvalue weighted by Crippen LogP contribution is 2.31. The monoisotopic (exact) mass is 267 g/mol. The van der Waals surface area contributed by atoms with Gasteiger partial charge in [-0.1, -0.05) is 12.5 Å². The molecule has 0 radical (unpaired) electrons. The van der Waals surface area contributed by atoms with Crippen LogP contribution in [0, 0.1) is 11.8 Å². The first-order chi connectivity index (χ1) is 8.66. The molecule has 18 heavy (non-hydrogen) atoms. The van der Waals surface area contributed by atoms with Crippen molar-refractivity contribution in [2.24, 2.45) is 11.8 Å². The highest BCUT2D eigenvalue weighted by Gasteiger charge is 2.30. The summed E-state index contributed by atoms with van der Waals surface area (Å²) in [5.74, 6) is -0.212. The molecular formula is C13H17NO3S. The van der Waals surface area contributed by atoms with Crippen molar-refractivity contribution in [1.29, 1.82) is 0 Å². The zero-order chi connectivity index (χ0) is 13.0. The number of carboxylic acid groups (broad SMARTS) is 1. The van der Waals surface area contributed by atoms with Crippen molar-refractivity contribution in [2.75, 3.05) is 5.75 Å². The van der Waals surface area contributed by atoms with Crippen molar-refractivity contribution in [3.05, 3.63) is 24.4 Å². The molecule has 5 heteroatoms. The van der Waals surface area contributed by atoms with Crippen LogP contribution in [0.4, 0.5) is 0 Å². The first kappa shape index (κ1) is 13.4. The number of hydrogen-bond acceptors (Lipinski definition) is 3. The van der Waals surface area contributed by atoms with E-state index in [1.54, 1.807) is 18.3 Å². The fourth-order valence-electron chi connectivity index (χ4n) is 2.45. The predicted molar refractivity (Wildman–Crippen MR) is 68.6 cm³/mol. The second kappa shape index (κ2) is 6.20. The van der Waals surface area contributed by atoms with E-state index in [-0.39, 0.29) is 11.8 Å². The van der Waals surface area contributed by atoms with Crippen LogP contribution in [0.15, 0.2) is 29.4 Å². The SMILES string of the molecule is O=C(O)[C@H]1CCC[C@H](C[S+]([O-])c2ccccn2)C1. The van der Waals surface area contributed by atoms with Crippen molar-refractivity contribution < 1.29 is 14.5 Å². The lowest BCUT2D eigenvalue weighted by Crippen LogP contribution is -2.27. The normalized spacial score (nSPS) is 25.6. The van der Waals surface area contributed by atoms with Crippen LogP contribution in [0.3, 0.4) is 0 Å². The summed E-state index contributed by atoms with van der Waals surface area (Å²) in [5, 5.41) is 9.61. The summed E-state index contributed by atoms with van der Waals surface area (Å²) >= 11 is -1.11. The largest absolute Gasteiger partial charge is 0.610 e. The molecule has 3 atom stereocenters. The molecule has 0 amide bonds. The Balaban J connectivity index is 1.91. The number of pyridine rings is 1. The second-order valence-electron chi connectivity index (χ2n) is 4.75. The Morgan fingerprint density at radius 2 is 2.33 bits per heavy atom. The van der Waals surface area contributed by atoms with E-state index in [2.05, 4.69) is 4.98 Å². The van der Waals surface area contributed by atoms with Crippen molar-refractivity contribution in [1.82, 2.24) is 4.98 Å². The molecule has 0 spiro atoms. The number of aliphatic carboxylic acids is 1. The number of nitrogens with zero attached hydrogens (tertiary/aromatic N) is 1. The van der Waals surface area contributed by atoms with Gasteiger partial charge in [0.05, 0.1) is 5.92 Å². The molecule has 2 rings (SSSR count). The third kappa shape index (κ3) is 3.46. The van der Waals surface area contributed by atoms with E-state index in [0.29, 0.717) is 17.2 Å². The van der Waals surface area contributed by atoms with Gasteiger partial charge in [0.2, 0.25) is 5.03 Å². The molecule has 1 aromatic heterocycles. The van der Waals surface area contributed by atoms with Gasteiger partial charge < -0.3 is 9.66 Å². The van der Waals surface area contributed by atoms with E-state index in [1.807, 2.05) is 6.07 Å². The summed E-state index contributed by atoms with van der Waals surface area (Å²) < 4.78 is 12.1. The quantitative estimate of drug-likeness (QED) is 0.848. The van der Waals surface area contributed by atoms with Gasteiger partial charge in [-0.3, -0.25) is 4.79 Å². The van der Waals surface area contributed by atoms with Gasteiger partial charge in [0, 0.05) is 29.4 Å². The minimum Gasteiger partial charge on any atom is -0.610 e. The van der Waals surface area contributed by atoms with E-state index in [4.69, 9.17) is 5.11 Å². The van der Waals surface area contributed by atoms with Crippen molar-refractivity contribution in [3.8, 4) is 0 Å². The second-order valence-corrected chi connectivity index (χ2v) is 6.19. The van der Waals surface area contributed by atoms with Crippen LogP contribution < -0.4 is 0 Å². The summed E-state index contributed by atoms with van der Waals surface area (Å²) in [7, 11) is 0. The fraction of sp³-hybridized carbons (Fsp3) is 0.538. The average Bonchev–Trinajstić information content (AvgIpc) is 2.40. The van der Waals surface area contributed by atoms with Crippen LogP contribution in [0.25, 0.3) is 0 Å². The number of carboxylic acids is 1. The summed E-state index contributed by atoms with van der Waals surface area (Å²) in [6, 6.07) is 5.37. The van der Waals surface area contributed by atoms with E-state index in [0.717, 1.165) is 19.3 Å². The maximum Gasteiger partial charge on any atom is 0.306 e. The maximum absolute atomic E-state index is 12.1. The van der Waals surface area contributed by atoms with Gasteiger partial charge in [0.1, 0.15) is 5.75 Å². The Kier molecular flexibility index (Phi) is 4.60. The lowest BCUT2D eigenvalue weighted by molar-refractivity contribution is -0.143. The molecule has 1 fully saturated rings. The van der Waals surface area contributed by atoms with Gasteiger partial charge in [0.25, 0.3) is 0 Å². The molecule has 98 valence electrons. The Labute approximate surface area is 110 Å². The first-order valence-corrected chi connectivity index (χ1v) is 7.51. The Morgan fingerprint density at radius 1 is 1.50 bits per heavy atom. The third-order valence-electron chi connectivity index (χ3n) is 3.39. The Bertz CT molecular complexity index is 398. The lowest BCUT2D eigenvalue weighted by Gasteiger charge is -2.26. The zero-order valence-electron chi connectivity index (χ0n) is 10.1. The van der Waals surface area contributed by atoms with E-state index in [9.17, 15) is 9.35 Å². The van der Waals surface area contributed by atoms with Gasteiger partial charge >= 0.3 is 5.97 Å². The summed E-state index contributed by atoms with van der Waals surface area (Å²) in [6.07, 6.45) is 4.92. The molecule has 0 bridgehead atoms. The Morgan fingerprint density at radius 3 is 3.00 bits per heavy atom. The van der Waals surface area contributed by atoms with Gasteiger partial charge in [-0.2, -0.15) is 0 Å². The van der Waals surface area contributed by atoms with Crippen LogP contribution >= 0.6 is 0 Å². The Hall–Kier alpha value is -1.07. The molecule has 1 aliphatic carbocycles. The van der Waals surface area contributed by atoms with E-state index in [1.165, 1.54) is 0 Å². The third-order valence-corrected chi connectivity index (χ3v) is 4.87. The van der Waals surface area contributed by atoms with E-state index >= 15 is 0 Å². The van der Waals surface area contributed by atoms with Crippen LogP contribution in [-0.4, -0.2) is 26.4 Å². The summed E-state index contributed by atoms with van der Waals surface area (Å²) in [6.45, 7) is 0. The smallest absolute Gasteiger partial charge is 0.306 e. The molecule has 0 aliphatic heterocycles. The number of rotatable bonds is 4. The highest BCUT2D eigenvalue weighted by atomic mass is 32.2. The van der Waals surface area contributed by atoms with Crippen LogP contribution in [-0.2, 0) is 16.0 Å². The van der Waals surface area contributed by atoms with Crippen LogP contribution in [0.5, 0.6) is 0 Å². The average molecular weight is 267 g/mol. The molecule has 1 aromatic rings. The minimum absolute atomic E-state index is 0.239. The molecular weight excluding hydrogens is 250 g/mol. The van der Waals surface area contributed by atoms with Gasteiger partial charge in [-0.25, -0.2) is 4.98 Å². The zero-order valence-corrected chi connectivity index (χ0v) is 10.9. The molecule has 1 unspecified atom stereocenters. The van der Waals surface area contributed by atoms with Crippen molar-refractivity contribution in [3.63, 3.8) is 0 Å². The number of aromatic nitrogens is 1. The predicted octanol–water partition coefficient (Wildman–Crippen LogP) is 2.08. The number of hydrogen-bond donors (Lipinski definition) is 1. The van der Waals surface area contributed by atoms with Gasteiger partial charge in [0.15, 0.2) is 0 Å². The lowest BCUT2D eigenvalue weighted by atomic mass is 9.82. The minimum atomic E-state index is -1.11. The fourth-order valence-corrected chi connectivity index (χ4v) is 3.76. The number of carbonyl (C=O) groups is 1. The van der Waals surface area contributed by atoms with Crippen LogP contribution in [0.1, 0.15) is 25.7 Å². The molecule has 1 heterocycles.